The summed E-state index contributed by atoms with van der Waals surface area (Å²) in [5.74, 6) is -0.351. The lowest BCUT2D eigenvalue weighted by Gasteiger charge is -2.18. The lowest BCUT2D eigenvalue weighted by molar-refractivity contribution is -0.117. The zero-order valence-electron chi connectivity index (χ0n) is 9.91. The Bertz CT molecular complexity index is 678. The number of sulfonamides is 1. The normalized spacial score (nSPS) is 19.5. The first kappa shape index (κ1) is 13.3. The Balaban J connectivity index is 2.34. The molecule has 4 N–H and O–H groups in total. The number of benzene rings is 1. The third kappa shape index (κ3) is 2.52. The summed E-state index contributed by atoms with van der Waals surface area (Å²) < 4.78 is 22.5. The molecule has 2 rings (SSSR count). The van der Waals surface area contributed by atoms with Crippen molar-refractivity contribution in [3.63, 3.8) is 0 Å². The van der Waals surface area contributed by atoms with Gasteiger partial charge in [0.1, 0.15) is 5.25 Å². The fourth-order valence-corrected chi connectivity index (χ4v) is 2.73. The van der Waals surface area contributed by atoms with E-state index in [0.717, 1.165) is 0 Å². The largest absolute Gasteiger partial charge is 0.397 e. The van der Waals surface area contributed by atoms with Crippen LogP contribution in [0.15, 0.2) is 18.2 Å². The molecule has 8 heteroatoms. The minimum absolute atomic E-state index is 0.0201. The molecule has 1 heterocycles. The smallest absolute Gasteiger partial charge is 0.228 e. The molecule has 1 aliphatic heterocycles. The summed E-state index contributed by atoms with van der Waals surface area (Å²) in [5, 5.41) is 12.9. The van der Waals surface area contributed by atoms with Crippen molar-refractivity contribution in [1.82, 2.24) is 0 Å². The van der Waals surface area contributed by atoms with Crippen LogP contribution in [0.3, 0.4) is 0 Å². The van der Waals surface area contributed by atoms with E-state index < -0.39 is 15.3 Å². The fraction of sp³-hybridized carbons (Fsp3) is 0.273. The minimum atomic E-state index is -3.76. The van der Waals surface area contributed by atoms with Crippen molar-refractivity contribution in [2.75, 3.05) is 17.2 Å². The molecule has 0 radical (unpaired) electrons. The SMILES string of the molecule is N#Cc1ccc(N2CC(S(N)(=O)=O)CC2=O)c(N)c1. The Hall–Kier alpha value is -2.11. The van der Waals surface area contributed by atoms with Gasteiger partial charge >= 0.3 is 0 Å². The van der Waals surface area contributed by atoms with Crippen molar-refractivity contribution in [3.8, 4) is 6.07 Å². The molecule has 7 nitrogen and oxygen atoms in total. The molecule has 19 heavy (non-hydrogen) atoms. The van der Waals surface area contributed by atoms with E-state index in [2.05, 4.69) is 0 Å². The van der Waals surface area contributed by atoms with Crippen molar-refractivity contribution >= 4 is 27.3 Å². The van der Waals surface area contributed by atoms with Crippen LogP contribution in [0.2, 0.25) is 0 Å². The van der Waals surface area contributed by atoms with Crippen molar-refractivity contribution in [3.05, 3.63) is 23.8 Å². The predicted octanol–water partition coefficient (Wildman–Crippen LogP) is -0.466. The molecule has 0 saturated carbocycles. The van der Waals surface area contributed by atoms with Gasteiger partial charge in [0.15, 0.2) is 0 Å². The molecular weight excluding hydrogens is 268 g/mol. The summed E-state index contributed by atoms with van der Waals surface area (Å²) >= 11 is 0. The lowest BCUT2D eigenvalue weighted by atomic mass is 10.2. The maximum Gasteiger partial charge on any atom is 0.228 e. The first-order chi connectivity index (χ1) is 8.82. The molecule has 0 spiro atoms. The average Bonchev–Trinajstić information content (AvgIpc) is 2.71. The van der Waals surface area contributed by atoms with Gasteiger partial charge in [-0.25, -0.2) is 13.6 Å². The van der Waals surface area contributed by atoms with Crippen LogP contribution < -0.4 is 15.8 Å². The van der Waals surface area contributed by atoms with Gasteiger partial charge in [0, 0.05) is 13.0 Å². The number of primary sulfonamides is 1. The van der Waals surface area contributed by atoms with E-state index >= 15 is 0 Å². The summed E-state index contributed by atoms with van der Waals surface area (Å²) in [6.45, 7) is -0.0201. The number of rotatable bonds is 2. The highest BCUT2D eigenvalue weighted by Gasteiger charge is 2.37. The predicted molar refractivity (Wildman–Crippen MR) is 69.4 cm³/mol. The number of nitriles is 1. The third-order valence-electron chi connectivity index (χ3n) is 3.00. The van der Waals surface area contributed by atoms with Crippen LogP contribution in [0.4, 0.5) is 11.4 Å². The monoisotopic (exact) mass is 280 g/mol. The second kappa shape index (κ2) is 4.53. The number of carbonyl (C=O) groups excluding carboxylic acids is 1. The van der Waals surface area contributed by atoms with Crippen LogP contribution in [-0.2, 0) is 14.8 Å². The zero-order valence-corrected chi connectivity index (χ0v) is 10.7. The van der Waals surface area contributed by atoms with E-state index in [9.17, 15) is 13.2 Å². The van der Waals surface area contributed by atoms with Gasteiger partial charge in [-0.05, 0) is 18.2 Å². The number of nitrogen functional groups attached to an aromatic ring is 1. The summed E-state index contributed by atoms with van der Waals surface area (Å²) in [6.07, 6.45) is -0.154. The molecule has 1 aliphatic rings. The topological polar surface area (TPSA) is 130 Å². The molecule has 1 unspecified atom stereocenters. The Kier molecular flexibility index (Phi) is 3.18. The Labute approximate surface area is 110 Å². The number of anilines is 2. The van der Waals surface area contributed by atoms with Crippen molar-refractivity contribution in [2.45, 2.75) is 11.7 Å². The number of amides is 1. The van der Waals surface area contributed by atoms with Crippen LogP contribution in [0, 0.1) is 11.3 Å². The van der Waals surface area contributed by atoms with Gasteiger partial charge in [0.05, 0.1) is 23.0 Å². The van der Waals surface area contributed by atoms with Crippen LogP contribution >= 0.6 is 0 Å². The van der Waals surface area contributed by atoms with Crippen LogP contribution in [0.25, 0.3) is 0 Å². The number of carbonyl (C=O) groups is 1. The summed E-state index contributed by atoms with van der Waals surface area (Å²) in [7, 11) is -3.76. The Morgan fingerprint density at radius 2 is 2.11 bits per heavy atom. The second-order valence-electron chi connectivity index (χ2n) is 4.30. The molecule has 1 saturated heterocycles. The van der Waals surface area contributed by atoms with E-state index in [4.69, 9.17) is 16.1 Å². The van der Waals surface area contributed by atoms with Gasteiger partial charge in [-0.2, -0.15) is 5.26 Å². The zero-order chi connectivity index (χ0) is 14.2. The third-order valence-corrected chi connectivity index (χ3v) is 4.25. The first-order valence-corrected chi connectivity index (χ1v) is 7.05. The van der Waals surface area contributed by atoms with Gasteiger partial charge in [0.2, 0.25) is 15.9 Å². The summed E-state index contributed by atoms with van der Waals surface area (Å²) in [6, 6.07) is 6.41. The highest BCUT2D eigenvalue weighted by molar-refractivity contribution is 7.89. The van der Waals surface area contributed by atoms with E-state index in [1.807, 2.05) is 6.07 Å². The highest BCUT2D eigenvalue weighted by Crippen LogP contribution is 2.29. The molecule has 1 atom stereocenters. The first-order valence-electron chi connectivity index (χ1n) is 5.44. The van der Waals surface area contributed by atoms with Gasteiger partial charge in [-0.3, -0.25) is 4.79 Å². The molecule has 0 bridgehead atoms. The molecule has 0 aliphatic carbocycles. The van der Waals surface area contributed by atoms with Gasteiger partial charge in [-0.15, -0.1) is 0 Å². The molecule has 100 valence electrons. The van der Waals surface area contributed by atoms with Crippen LogP contribution in [-0.4, -0.2) is 26.1 Å². The number of hydrogen-bond donors (Lipinski definition) is 2. The van der Waals surface area contributed by atoms with E-state index in [-0.39, 0.29) is 24.6 Å². The number of hydrogen-bond acceptors (Lipinski definition) is 5. The summed E-state index contributed by atoms with van der Waals surface area (Å²) in [4.78, 5) is 13.1. The van der Waals surface area contributed by atoms with Crippen LogP contribution in [0.5, 0.6) is 0 Å². The summed E-state index contributed by atoms with van der Waals surface area (Å²) in [5.41, 5.74) is 6.79. The number of nitrogens with two attached hydrogens (primary N) is 2. The molecule has 0 aromatic heterocycles. The maximum atomic E-state index is 11.8. The van der Waals surface area contributed by atoms with Crippen LogP contribution in [0.1, 0.15) is 12.0 Å². The lowest BCUT2D eigenvalue weighted by Crippen LogP contribution is -2.32. The van der Waals surface area contributed by atoms with Gasteiger partial charge in [-0.1, -0.05) is 0 Å². The van der Waals surface area contributed by atoms with E-state index in [1.54, 1.807) is 0 Å². The van der Waals surface area contributed by atoms with Gasteiger partial charge < -0.3 is 10.6 Å². The van der Waals surface area contributed by atoms with E-state index in [0.29, 0.717) is 11.3 Å². The quantitative estimate of drug-likeness (QED) is 0.707. The molecule has 1 aromatic rings. The van der Waals surface area contributed by atoms with Crippen molar-refractivity contribution in [2.24, 2.45) is 5.14 Å². The van der Waals surface area contributed by atoms with E-state index in [1.165, 1.54) is 23.1 Å². The minimum Gasteiger partial charge on any atom is -0.397 e. The average molecular weight is 280 g/mol. The fourth-order valence-electron chi connectivity index (χ4n) is 2.00. The highest BCUT2D eigenvalue weighted by atomic mass is 32.2. The van der Waals surface area contributed by atoms with Crippen molar-refractivity contribution in [1.29, 1.82) is 5.26 Å². The molecule has 1 fully saturated rings. The molecular formula is C11H12N4O3S. The standard InChI is InChI=1S/C11H12N4O3S/c12-5-7-1-2-10(9(13)3-7)15-6-8(4-11(15)16)19(14,17)18/h1-3,8H,4,6,13H2,(H2,14,17,18). The Morgan fingerprint density at radius 1 is 1.42 bits per heavy atom. The maximum absolute atomic E-state index is 11.8. The van der Waals surface area contributed by atoms with Crippen molar-refractivity contribution < 1.29 is 13.2 Å². The second-order valence-corrected chi connectivity index (χ2v) is 6.15. The Morgan fingerprint density at radius 3 is 2.58 bits per heavy atom. The van der Waals surface area contributed by atoms with Gasteiger partial charge in [0.25, 0.3) is 0 Å². The molecule has 1 aromatic carbocycles. The molecule has 1 amide bonds. The number of nitrogens with zero attached hydrogens (tertiary/aromatic N) is 2.